The molecule has 1 aliphatic rings. The summed E-state index contributed by atoms with van der Waals surface area (Å²) in [6, 6.07) is 0.355. The molecule has 104 valence electrons. The van der Waals surface area contributed by atoms with Crippen LogP contribution >= 0.6 is 11.8 Å². The van der Waals surface area contributed by atoms with Crippen LogP contribution in [0.25, 0.3) is 0 Å². The molecule has 0 bridgehead atoms. The van der Waals surface area contributed by atoms with Gasteiger partial charge in [-0.25, -0.2) is 4.68 Å². The molecule has 1 aromatic heterocycles. The number of carbonyl (C=O) groups excluding carboxylic acids is 1. The number of carboxylic acids is 1. The van der Waals surface area contributed by atoms with Crippen LogP contribution in [0.2, 0.25) is 0 Å². The maximum atomic E-state index is 11.9. The van der Waals surface area contributed by atoms with E-state index in [1.165, 1.54) is 16.7 Å². The largest absolute Gasteiger partial charge is 0.480 e. The number of aliphatic carboxylic acids is 1. The van der Waals surface area contributed by atoms with Gasteiger partial charge in [0.15, 0.2) is 0 Å². The summed E-state index contributed by atoms with van der Waals surface area (Å²) in [6.45, 7) is 1.85. The van der Waals surface area contributed by atoms with Crippen molar-refractivity contribution in [3.8, 4) is 0 Å². The molecule has 0 aliphatic heterocycles. The molecule has 0 radical (unpaired) electrons. The number of carbonyl (C=O) groups is 2. The van der Waals surface area contributed by atoms with Crippen LogP contribution in [-0.4, -0.2) is 60.9 Å². The zero-order valence-electron chi connectivity index (χ0n) is 10.5. The molecule has 1 aromatic rings. The lowest BCUT2D eigenvalue weighted by Gasteiger charge is -2.17. The third-order valence-corrected chi connectivity index (χ3v) is 3.66. The van der Waals surface area contributed by atoms with Crippen molar-refractivity contribution in [3.63, 3.8) is 0 Å². The summed E-state index contributed by atoms with van der Waals surface area (Å²) >= 11 is 1.24. The van der Waals surface area contributed by atoms with Crippen LogP contribution in [0.1, 0.15) is 25.8 Å². The van der Waals surface area contributed by atoms with E-state index in [4.69, 9.17) is 5.11 Å². The molecule has 0 atom stereocenters. The van der Waals surface area contributed by atoms with E-state index in [0.29, 0.717) is 17.7 Å². The van der Waals surface area contributed by atoms with Crippen molar-refractivity contribution in [2.45, 2.75) is 31.0 Å². The normalized spacial score (nSPS) is 14.4. The number of rotatable bonds is 7. The smallest absolute Gasteiger partial charge is 0.323 e. The van der Waals surface area contributed by atoms with Crippen molar-refractivity contribution in [2.75, 3.05) is 18.8 Å². The van der Waals surface area contributed by atoms with Crippen molar-refractivity contribution in [1.82, 2.24) is 25.1 Å². The number of hydrogen-bond donors (Lipinski definition) is 1. The van der Waals surface area contributed by atoms with E-state index >= 15 is 0 Å². The second-order valence-electron chi connectivity index (χ2n) is 4.23. The lowest BCUT2D eigenvalue weighted by atomic mass is 10.4. The first-order valence-electron chi connectivity index (χ1n) is 6.02. The number of thioether (sulfide) groups is 1. The zero-order chi connectivity index (χ0) is 13.8. The molecule has 1 heterocycles. The Morgan fingerprint density at radius 2 is 2.26 bits per heavy atom. The molecule has 0 aromatic carbocycles. The van der Waals surface area contributed by atoms with Crippen LogP contribution in [0.15, 0.2) is 5.16 Å². The lowest BCUT2D eigenvalue weighted by molar-refractivity contribution is -0.143. The maximum absolute atomic E-state index is 11.9. The van der Waals surface area contributed by atoms with E-state index in [-0.39, 0.29) is 18.2 Å². The summed E-state index contributed by atoms with van der Waals surface area (Å²) in [5.41, 5.74) is 0. The van der Waals surface area contributed by atoms with E-state index < -0.39 is 5.97 Å². The molecular weight excluding hydrogens is 270 g/mol. The van der Waals surface area contributed by atoms with Gasteiger partial charge < -0.3 is 10.0 Å². The highest BCUT2D eigenvalue weighted by Gasteiger charge is 2.28. The molecule has 1 saturated carbocycles. The van der Waals surface area contributed by atoms with Gasteiger partial charge in [0.2, 0.25) is 11.1 Å². The van der Waals surface area contributed by atoms with Gasteiger partial charge in [-0.2, -0.15) is 0 Å². The van der Waals surface area contributed by atoms with Crippen molar-refractivity contribution >= 4 is 23.6 Å². The first-order valence-corrected chi connectivity index (χ1v) is 7.00. The second kappa shape index (κ2) is 6.00. The average molecular weight is 285 g/mol. The number of tetrazole rings is 1. The first kappa shape index (κ1) is 13.8. The molecule has 0 saturated heterocycles. The van der Waals surface area contributed by atoms with Crippen LogP contribution in [0, 0.1) is 0 Å². The van der Waals surface area contributed by atoms with Crippen LogP contribution in [0.5, 0.6) is 0 Å². The van der Waals surface area contributed by atoms with Gasteiger partial charge >= 0.3 is 5.97 Å². The standard InChI is InChI=1S/C10H15N5O3S/c1-2-14(5-9(17)18)8(16)6-19-10-11-12-13-15(10)7-3-4-7/h7H,2-6H2,1H3,(H,17,18). The molecule has 2 rings (SSSR count). The van der Waals surface area contributed by atoms with Crippen molar-refractivity contribution in [3.05, 3.63) is 0 Å². The van der Waals surface area contributed by atoms with Gasteiger partial charge in [0, 0.05) is 6.54 Å². The molecule has 1 fully saturated rings. The van der Waals surface area contributed by atoms with Gasteiger partial charge in [-0.1, -0.05) is 11.8 Å². The number of hydrogen-bond acceptors (Lipinski definition) is 6. The highest BCUT2D eigenvalue weighted by molar-refractivity contribution is 7.99. The second-order valence-corrected chi connectivity index (χ2v) is 5.17. The van der Waals surface area contributed by atoms with Crippen LogP contribution in [-0.2, 0) is 9.59 Å². The maximum Gasteiger partial charge on any atom is 0.323 e. The van der Waals surface area contributed by atoms with Gasteiger partial charge in [0.05, 0.1) is 11.8 Å². The fourth-order valence-corrected chi connectivity index (χ4v) is 2.43. The van der Waals surface area contributed by atoms with E-state index in [1.807, 2.05) is 0 Å². The van der Waals surface area contributed by atoms with Gasteiger partial charge in [-0.05, 0) is 30.2 Å². The van der Waals surface area contributed by atoms with E-state index in [1.54, 1.807) is 11.6 Å². The highest BCUT2D eigenvalue weighted by Crippen LogP contribution is 2.36. The summed E-state index contributed by atoms with van der Waals surface area (Å²) in [6.07, 6.45) is 2.12. The predicted octanol–water partition coefficient (Wildman–Crippen LogP) is 0.0332. The number of likely N-dealkylation sites (N-methyl/N-ethyl adjacent to an activating group) is 1. The minimum atomic E-state index is -1.01. The molecule has 8 nitrogen and oxygen atoms in total. The van der Waals surface area contributed by atoms with Gasteiger partial charge in [-0.3, -0.25) is 9.59 Å². The molecule has 0 spiro atoms. The molecule has 1 amide bonds. The summed E-state index contributed by atoms with van der Waals surface area (Å²) in [5.74, 6) is -1.09. The Hall–Kier alpha value is -1.64. The molecule has 9 heteroatoms. The Balaban J connectivity index is 1.88. The highest BCUT2D eigenvalue weighted by atomic mass is 32.2. The van der Waals surface area contributed by atoms with E-state index in [0.717, 1.165) is 12.8 Å². The van der Waals surface area contributed by atoms with Crippen molar-refractivity contribution in [2.24, 2.45) is 0 Å². The first-order chi connectivity index (χ1) is 9.11. The monoisotopic (exact) mass is 285 g/mol. The third-order valence-electron chi connectivity index (χ3n) is 2.74. The molecular formula is C10H15N5O3S. The number of aromatic nitrogens is 4. The summed E-state index contributed by atoms with van der Waals surface area (Å²) in [4.78, 5) is 23.8. The van der Waals surface area contributed by atoms with Gasteiger partial charge in [0.25, 0.3) is 0 Å². The van der Waals surface area contributed by atoms with Gasteiger partial charge in [0.1, 0.15) is 6.54 Å². The number of amides is 1. The fourth-order valence-electron chi connectivity index (χ4n) is 1.59. The molecule has 1 N–H and O–H groups in total. The SMILES string of the molecule is CCN(CC(=O)O)C(=O)CSc1nnnn1C1CC1. The Morgan fingerprint density at radius 3 is 2.84 bits per heavy atom. The molecule has 19 heavy (non-hydrogen) atoms. The van der Waals surface area contributed by atoms with E-state index in [2.05, 4.69) is 15.5 Å². The zero-order valence-corrected chi connectivity index (χ0v) is 11.3. The third kappa shape index (κ3) is 3.66. The Morgan fingerprint density at radius 1 is 1.53 bits per heavy atom. The van der Waals surface area contributed by atoms with Crippen LogP contribution < -0.4 is 0 Å². The predicted molar refractivity (Wildman–Crippen MR) is 66.7 cm³/mol. The van der Waals surface area contributed by atoms with Crippen LogP contribution in [0.4, 0.5) is 0 Å². The fraction of sp³-hybridized carbons (Fsp3) is 0.700. The average Bonchev–Trinajstić information content (AvgIpc) is 3.12. The lowest BCUT2D eigenvalue weighted by Crippen LogP contribution is -2.36. The van der Waals surface area contributed by atoms with Gasteiger partial charge in [-0.15, -0.1) is 5.10 Å². The van der Waals surface area contributed by atoms with E-state index in [9.17, 15) is 9.59 Å². The molecule has 0 unspecified atom stereocenters. The number of carboxylic acid groups (broad SMARTS) is 1. The number of nitrogens with zero attached hydrogens (tertiary/aromatic N) is 5. The van der Waals surface area contributed by atoms with Crippen molar-refractivity contribution < 1.29 is 14.7 Å². The minimum Gasteiger partial charge on any atom is -0.480 e. The Bertz CT molecular complexity index is 473. The summed E-state index contributed by atoms with van der Waals surface area (Å²) in [7, 11) is 0. The summed E-state index contributed by atoms with van der Waals surface area (Å²) in [5, 5.41) is 20.7. The molecule has 1 aliphatic carbocycles. The van der Waals surface area contributed by atoms with Crippen molar-refractivity contribution in [1.29, 1.82) is 0 Å². The van der Waals surface area contributed by atoms with Crippen LogP contribution in [0.3, 0.4) is 0 Å². The summed E-state index contributed by atoms with van der Waals surface area (Å²) < 4.78 is 1.73. The Kier molecular flexibility index (Phi) is 4.35. The minimum absolute atomic E-state index is 0.147. The topological polar surface area (TPSA) is 101 Å². The Labute approximate surface area is 114 Å². The quantitative estimate of drug-likeness (QED) is 0.705.